The van der Waals surface area contributed by atoms with E-state index in [1.807, 2.05) is 13.8 Å². The van der Waals surface area contributed by atoms with Gasteiger partial charge < -0.3 is 16.4 Å². The van der Waals surface area contributed by atoms with Crippen molar-refractivity contribution < 1.29 is 9.59 Å². The van der Waals surface area contributed by atoms with Gasteiger partial charge in [-0.25, -0.2) is 0 Å². The van der Waals surface area contributed by atoms with Gasteiger partial charge >= 0.3 is 0 Å². The molecule has 0 fully saturated rings. The van der Waals surface area contributed by atoms with Crippen LogP contribution in [-0.4, -0.2) is 23.9 Å². The fraction of sp³-hybridized carbons (Fsp3) is 0.375. The van der Waals surface area contributed by atoms with Crippen molar-refractivity contribution in [1.29, 1.82) is 0 Å². The average molecular weight is 287 g/mol. The van der Waals surface area contributed by atoms with Gasteiger partial charge in [-0.1, -0.05) is 19.1 Å². The molecule has 5 nitrogen and oxygen atoms in total. The monoisotopic (exact) mass is 287 g/mol. The Bertz CT molecular complexity index is 549. The first kappa shape index (κ1) is 16.7. The normalized spacial score (nSPS) is 12.9. The van der Waals surface area contributed by atoms with Crippen LogP contribution in [0.5, 0.6) is 0 Å². The molecule has 5 heteroatoms. The summed E-state index contributed by atoms with van der Waals surface area (Å²) in [4.78, 5) is 24.1. The number of nitrogens with one attached hydrogen (secondary N) is 2. The highest BCUT2D eigenvalue weighted by Crippen LogP contribution is 2.15. The van der Waals surface area contributed by atoms with E-state index in [-0.39, 0.29) is 18.4 Å². The van der Waals surface area contributed by atoms with Crippen molar-refractivity contribution >= 4 is 17.5 Å². The topological polar surface area (TPSA) is 84.2 Å². The Balaban J connectivity index is 2.87. The minimum Gasteiger partial charge on any atom is -0.350 e. The van der Waals surface area contributed by atoms with Gasteiger partial charge in [0.1, 0.15) is 0 Å². The molecule has 0 saturated carbocycles. The maximum atomic E-state index is 12.2. The second-order valence-corrected chi connectivity index (χ2v) is 4.83. The summed E-state index contributed by atoms with van der Waals surface area (Å²) in [6.07, 6.45) is 6.11. The van der Waals surface area contributed by atoms with E-state index in [1.165, 1.54) is 0 Å². The summed E-state index contributed by atoms with van der Waals surface area (Å²) >= 11 is 0. The summed E-state index contributed by atoms with van der Waals surface area (Å²) < 4.78 is 0. The van der Waals surface area contributed by atoms with E-state index in [0.717, 1.165) is 6.42 Å². The van der Waals surface area contributed by atoms with Crippen molar-refractivity contribution in [3.8, 4) is 12.3 Å². The maximum absolute atomic E-state index is 12.2. The molecule has 21 heavy (non-hydrogen) atoms. The Morgan fingerprint density at radius 1 is 1.38 bits per heavy atom. The number of hydrogen-bond donors (Lipinski definition) is 3. The first-order chi connectivity index (χ1) is 9.99. The highest BCUT2D eigenvalue weighted by Gasteiger charge is 2.17. The summed E-state index contributed by atoms with van der Waals surface area (Å²) in [7, 11) is 0. The fourth-order valence-electron chi connectivity index (χ4n) is 1.64. The molecular weight excluding hydrogens is 266 g/mol. The molecule has 0 spiro atoms. The van der Waals surface area contributed by atoms with Gasteiger partial charge in [0, 0.05) is 12.5 Å². The number of terminal acetylenes is 1. The number of rotatable bonds is 6. The first-order valence-corrected chi connectivity index (χ1v) is 6.89. The van der Waals surface area contributed by atoms with Crippen LogP contribution in [0.15, 0.2) is 24.3 Å². The van der Waals surface area contributed by atoms with Crippen LogP contribution in [0.4, 0.5) is 5.69 Å². The van der Waals surface area contributed by atoms with Gasteiger partial charge in [-0.15, -0.1) is 12.3 Å². The molecule has 2 amide bonds. The molecule has 0 radical (unpaired) electrons. The lowest BCUT2D eigenvalue weighted by atomic mass is 10.1. The molecule has 0 heterocycles. The zero-order valence-electron chi connectivity index (χ0n) is 12.3. The Kier molecular flexibility index (Phi) is 6.44. The highest BCUT2D eigenvalue weighted by molar-refractivity contribution is 6.04. The van der Waals surface area contributed by atoms with Crippen LogP contribution < -0.4 is 16.4 Å². The number of amides is 2. The molecule has 0 aliphatic carbocycles. The van der Waals surface area contributed by atoms with Gasteiger partial charge in [0.15, 0.2) is 0 Å². The van der Waals surface area contributed by atoms with Crippen LogP contribution >= 0.6 is 0 Å². The molecule has 2 atom stereocenters. The molecule has 0 saturated heterocycles. The van der Waals surface area contributed by atoms with Crippen LogP contribution in [-0.2, 0) is 4.79 Å². The van der Waals surface area contributed by atoms with Crippen molar-refractivity contribution in [2.45, 2.75) is 38.8 Å². The quantitative estimate of drug-likeness (QED) is 0.693. The zero-order valence-corrected chi connectivity index (χ0v) is 12.3. The van der Waals surface area contributed by atoms with Crippen LogP contribution in [0.3, 0.4) is 0 Å². The highest BCUT2D eigenvalue weighted by atomic mass is 16.2. The predicted molar refractivity (Wildman–Crippen MR) is 83.7 cm³/mol. The average Bonchev–Trinajstić information content (AvgIpc) is 2.47. The molecule has 1 rings (SSSR count). The van der Waals surface area contributed by atoms with Gasteiger partial charge in [0.25, 0.3) is 5.91 Å². The second-order valence-electron chi connectivity index (χ2n) is 4.83. The third kappa shape index (κ3) is 4.93. The van der Waals surface area contributed by atoms with Gasteiger partial charge in [0.05, 0.1) is 17.3 Å². The lowest BCUT2D eigenvalue weighted by Crippen LogP contribution is -2.36. The third-order valence-electron chi connectivity index (χ3n) is 3.09. The van der Waals surface area contributed by atoms with Crippen LogP contribution in [0.1, 0.15) is 37.0 Å². The molecule has 4 N–H and O–H groups in total. The lowest BCUT2D eigenvalue weighted by Gasteiger charge is -2.15. The zero-order chi connectivity index (χ0) is 15.8. The van der Waals surface area contributed by atoms with E-state index in [1.54, 1.807) is 24.3 Å². The number of carbonyl (C=O) groups is 2. The standard InChI is InChI=1S/C16H21N3O2/c1-4-8-13(17)16(21)19-14-10-7-6-9-12(14)15(20)18-11(3)5-2/h1,6-7,9-11,13H,5,8,17H2,2-3H3,(H,18,20)(H,19,21). The van der Waals surface area contributed by atoms with Crippen molar-refractivity contribution in [2.24, 2.45) is 5.73 Å². The molecular formula is C16H21N3O2. The largest absolute Gasteiger partial charge is 0.350 e. The van der Waals surface area contributed by atoms with Gasteiger partial charge in [-0.05, 0) is 25.5 Å². The van der Waals surface area contributed by atoms with Gasteiger partial charge in [0.2, 0.25) is 5.91 Å². The van der Waals surface area contributed by atoms with Crippen molar-refractivity contribution in [1.82, 2.24) is 5.32 Å². The van der Waals surface area contributed by atoms with E-state index >= 15 is 0 Å². The fourth-order valence-corrected chi connectivity index (χ4v) is 1.64. The Hall–Kier alpha value is -2.32. The molecule has 112 valence electrons. The number of para-hydroxylation sites is 1. The number of anilines is 1. The first-order valence-electron chi connectivity index (χ1n) is 6.89. The summed E-state index contributed by atoms with van der Waals surface area (Å²) in [6.45, 7) is 3.90. The van der Waals surface area contributed by atoms with Crippen LogP contribution in [0.25, 0.3) is 0 Å². The van der Waals surface area contributed by atoms with Crippen molar-refractivity contribution in [3.63, 3.8) is 0 Å². The predicted octanol–water partition coefficient (Wildman–Crippen LogP) is 1.50. The van der Waals surface area contributed by atoms with Crippen molar-refractivity contribution in [2.75, 3.05) is 5.32 Å². The Morgan fingerprint density at radius 2 is 2.05 bits per heavy atom. The van der Waals surface area contributed by atoms with Crippen LogP contribution in [0.2, 0.25) is 0 Å². The van der Waals surface area contributed by atoms with E-state index in [9.17, 15) is 9.59 Å². The summed E-state index contributed by atoms with van der Waals surface area (Å²) in [5.41, 5.74) is 6.48. The minimum absolute atomic E-state index is 0.0601. The summed E-state index contributed by atoms with van der Waals surface area (Å²) in [5.74, 6) is 1.70. The maximum Gasteiger partial charge on any atom is 0.253 e. The molecule has 0 aliphatic heterocycles. The van der Waals surface area contributed by atoms with E-state index in [2.05, 4.69) is 16.6 Å². The molecule has 0 aliphatic rings. The number of benzene rings is 1. The third-order valence-corrected chi connectivity index (χ3v) is 3.09. The molecule has 0 aromatic heterocycles. The lowest BCUT2D eigenvalue weighted by molar-refractivity contribution is -0.117. The summed E-state index contributed by atoms with van der Waals surface area (Å²) in [6, 6.07) is 6.06. The molecule has 1 aromatic carbocycles. The summed E-state index contributed by atoms with van der Waals surface area (Å²) in [5, 5.41) is 5.51. The second kappa shape index (κ2) is 8.08. The molecule has 0 bridgehead atoms. The van der Waals surface area contributed by atoms with Crippen molar-refractivity contribution in [3.05, 3.63) is 29.8 Å². The number of nitrogens with two attached hydrogens (primary N) is 1. The van der Waals surface area contributed by atoms with E-state index in [0.29, 0.717) is 11.3 Å². The Labute approximate surface area is 125 Å². The van der Waals surface area contributed by atoms with Gasteiger partial charge in [-0.3, -0.25) is 9.59 Å². The van der Waals surface area contributed by atoms with Gasteiger partial charge in [-0.2, -0.15) is 0 Å². The minimum atomic E-state index is -0.791. The SMILES string of the molecule is C#CCC(N)C(=O)Nc1ccccc1C(=O)NC(C)CC. The smallest absolute Gasteiger partial charge is 0.253 e. The Morgan fingerprint density at radius 3 is 2.67 bits per heavy atom. The molecule has 1 aromatic rings. The van der Waals surface area contributed by atoms with E-state index < -0.39 is 11.9 Å². The van der Waals surface area contributed by atoms with Crippen LogP contribution in [0, 0.1) is 12.3 Å². The number of hydrogen-bond acceptors (Lipinski definition) is 3. The van der Waals surface area contributed by atoms with E-state index in [4.69, 9.17) is 12.2 Å². The number of carbonyl (C=O) groups excluding carboxylic acids is 2. The molecule has 2 unspecified atom stereocenters.